The van der Waals surface area contributed by atoms with Crippen LogP contribution >= 0.6 is 11.6 Å². The summed E-state index contributed by atoms with van der Waals surface area (Å²) >= 11 is 6.11. The average molecular weight is 332 g/mol. The lowest BCUT2D eigenvalue weighted by Crippen LogP contribution is -2.18. The third-order valence-electron chi connectivity index (χ3n) is 3.47. The van der Waals surface area contributed by atoms with Gasteiger partial charge in [-0.25, -0.2) is 8.42 Å². The van der Waals surface area contributed by atoms with E-state index in [2.05, 4.69) is 5.32 Å². The van der Waals surface area contributed by atoms with Crippen molar-refractivity contribution in [3.63, 3.8) is 0 Å². The SMILES string of the molecule is CS(=O)(=O)c1cccc(Cl)c1CNCCCOCC1CC1. The van der Waals surface area contributed by atoms with Crippen LogP contribution in [0.15, 0.2) is 23.1 Å². The van der Waals surface area contributed by atoms with Crippen LogP contribution in [-0.4, -0.2) is 34.4 Å². The summed E-state index contributed by atoms with van der Waals surface area (Å²) in [5.74, 6) is 0.790. The molecule has 0 heterocycles. The Morgan fingerprint density at radius 1 is 1.38 bits per heavy atom. The molecular weight excluding hydrogens is 310 g/mol. The molecule has 21 heavy (non-hydrogen) atoms. The Kier molecular flexibility index (Phi) is 6.05. The van der Waals surface area contributed by atoms with Crippen LogP contribution in [0.1, 0.15) is 24.8 Å². The fraction of sp³-hybridized carbons (Fsp3) is 0.600. The molecule has 0 spiro atoms. The van der Waals surface area contributed by atoms with Crippen LogP contribution in [-0.2, 0) is 21.1 Å². The minimum atomic E-state index is -3.26. The molecule has 118 valence electrons. The van der Waals surface area contributed by atoms with Gasteiger partial charge >= 0.3 is 0 Å². The second-order valence-electron chi connectivity index (χ2n) is 5.54. The molecule has 0 atom stereocenters. The number of nitrogens with one attached hydrogen (secondary N) is 1. The molecule has 1 saturated carbocycles. The molecule has 1 aliphatic rings. The largest absolute Gasteiger partial charge is 0.381 e. The van der Waals surface area contributed by atoms with E-state index in [1.807, 2.05) is 0 Å². The summed E-state index contributed by atoms with van der Waals surface area (Å²) in [5.41, 5.74) is 0.639. The highest BCUT2D eigenvalue weighted by atomic mass is 35.5. The van der Waals surface area contributed by atoms with E-state index >= 15 is 0 Å². The van der Waals surface area contributed by atoms with E-state index < -0.39 is 9.84 Å². The maximum absolute atomic E-state index is 11.7. The van der Waals surface area contributed by atoms with Gasteiger partial charge in [-0.15, -0.1) is 0 Å². The zero-order valence-corrected chi connectivity index (χ0v) is 13.8. The minimum Gasteiger partial charge on any atom is -0.381 e. The van der Waals surface area contributed by atoms with Gasteiger partial charge in [-0.3, -0.25) is 0 Å². The van der Waals surface area contributed by atoms with E-state index in [9.17, 15) is 8.42 Å². The molecule has 0 radical (unpaired) electrons. The highest BCUT2D eigenvalue weighted by Gasteiger charge is 2.20. The fourth-order valence-electron chi connectivity index (χ4n) is 2.10. The highest BCUT2D eigenvalue weighted by Crippen LogP contribution is 2.28. The summed E-state index contributed by atoms with van der Waals surface area (Å²) in [5, 5.41) is 3.71. The predicted molar refractivity (Wildman–Crippen MR) is 84.4 cm³/mol. The number of halogens is 1. The first-order chi connectivity index (χ1) is 9.98. The number of ether oxygens (including phenoxy) is 1. The van der Waals surface area contributed by atoms with Crippen molar-refractivity contribution in [1.29, 1.82) is 0 Å². The monoisotopic (exact) mass is 331 g/mol. The summed E-state index contributed by atoms with van der Waals surface area (Å²) in [6.45, 7) is 2.84. The standard InChI is InChI=1S/C15H22ClNO3S/c1-21(18,19)15-5-2-4-14(16)13(15)10-17-8-3-9-20-11-12-6-7-12/h2,4-5,12,17H,3,6-11H2,1H3. The number of hydrogen-bond acceptors (Lipinski definition) is 4. The Morgan fingerprint density at radius 2 is 2.14 bits per heavy atom. The molecule has 0 aliphatic heterocycles. The van der Waals surface area contributed by atoms with Crippen molar-refractivity contribution in [2.45, 2.75) is 30.7 Å². The molecule has 2 rings (SSSR count). The maximum atomic E-state index is 11.7. The van der Waals surface area contributed by atoms with E-state index in [-0.39, 0.29) is 0 Å². The first kappa shape index (κ1) is 16.7. The Hall–Kier alpha value is -0.620. The van der Waals surface area contributed by atoms with Gasteiger partial charge in [0.1, 0.15) is 0 Å². The van der Waals surface area contributed by atoms with Crippen LogP contribution in [0.5, 0.6) is 0 Å². The molecule has 0 bridgehead atoms. The Labute approximate surface area is 131 Å². The first-order valence-corrected chi connectivity index (χ1v) is 9.51. The molecular formula is C15H22ClNO3S. The fourth-order valence-corrected chi connectivity index (χ4v) is 3.36. The molecule has 1 N–H and O–H groups in total. The van der Waals surface area contributed by atoms with Gasteiger partial charge in [0, 0.05) is 36.6 Å². The van der Waals surface area contributed by atoms with E-state index in [1.54, 1.807) is 18.2 Å². The molecule has 1 fully saturated rings. The lowest BCUT2D eigenvalue weighted by atomic mass is 10.2. The predicted octanol–water partition coefficient (Wildman–Crippen LogP) is 2.65. The third-order valence-corrected chi connectivity index (χ3v) is 5.01. The van der Waals surface area contributed by atoms with Gasteiger partial charge in [0.05, 0.1) is 4.90 Å². The smallest absolute Gasteiger partial charge is 0.175 e. The van der Waals surface area contributed by atoms with Crippen molar-refractivity contribution < 1.29 is 13.2 Å². The zero-order chi connectivity index (χ0) is 15.3. The molecule has 4 nitrogen and oxygen atoms in total. The van der Waals surface area contributed by atoms with Gasteiger partial charge in [0.25, 0.3) is 0 Å². The molecule has 6 heteroatoms. The number of hydrogen-bond donors (Lipinski definition) is 1. The first-order valence-electron chi connectivity index (χ1n) is 7.24. The van der Waals surface area contributed by atoms with Crippen molar-refractivity contribution in [3.8, 4) is 0 Å². The number of sulfone groups is 1. The van der Waals surface area contributed by atoms with Crippen LogP contribution in [0.3, 0.4) is 0 Å². The van der Waals surface area contributed by atoms with Crippen molar-refractivity contribution in [3.05, 3.63) is 28.8 Å². The molecule has 1 aromatic carbocycles. The van der Waals surface area contributed by atoms with Gasteiger partial charge in [-0.1, -0.05) is 17.7 Å². The van der Waals surface area contributed by atoms with E-state index in [0.29, 0.717) is 22.0 Å². The summed E-state index contributed by atoms with van der Waals surface area (Å²) in [7, 11) is -3.26. The second-order valence-corrected chi connectivity index (χ2v) is 7.93. The highest BCUT2D eigenvalue weighted by molar-refractivity contribution is 7.90. The third kappa shape index (κ3) is 5.58. The van der Waals surface area contributed by atoms with Crippen LogP contribution in [0.4, 0.5) is 0 Å². The Bertz CT molecular complexity index is 570. The minimum absolute atomic E-state index is 0.299. The van der Waals surface area contributed by atoms with Crippen molar-refractivity contribution in [1.82, 2.24) is 5.32 Å². The summed E-state index contributed by atoms with van der Waals surface area (Å²) in [6, 6.07) is 4.97. The molecule has 0 unspecified atom stereocenters. The summed E-state index contributed by atoms with van der Waals surface area (Å²) in [4.78, 5) is 0.299. The van der Waals surface area contributed by atoms with Crippen LogP contribution in [0.2, 0.25) is 5.02 Å². The quantitative estimate of drug-likeness (QED) is 0.707. The van der Waals surface area contributed by atoms with Crippen molar-refractivity contribution >= 4 is 21.4 Å². The Balaban J connectivity index is 1.76. The van der Waals surface area contributed by atoms with Crippen LogP contribution < -0.4 is 5.32 Å². The lowest BCUT2D eigenvalue weighted by Gasteiger charge is -2.11. The molecule has 0 amide bonds. The summed E-state index contributed by atoms with van der Waals surface area (Å²) < 4.78 is 29.0. The maximum Gasteiger partial charge on any atom is 0.175 e. The van der Waals surface area contributed by atoms with E-state index in [4.69, 9.17) is 16.3 Å². The topological polar surface area (TPSA) is 55.4 Å². The average Bonchev–Trinajstić information content (AvgIpc) is 3.22. The van der Waals surface area contributed by atoms with Crippen LogP contribution in [0, 0.1) is 5.92 Å². The number of benzene rings is 1. The van der Waals surface area contributed by atoms with Crippen molar-refractivity contribution in [2.75, 3.05) is 26.0 Å². The lowest BCUT2D eigenvalue weighted by molar-refractivity contribution is 0.122. The van der Waals surface area contributed by atoms with E-state index in [1.165, 1.54) is 19.1 Å². The Morgan fingerprint density at radius 3 is 2.81 bits per heavy atom. The number of rotatable bonds is 9. The van der Waals surface area contributed by atoms with Crippen molar-refractivity contribution in [2.24, 2.45) is 5.92 Å². The van der Waals surface area contributed by atoms with Gasteiger partial charge in [0.15, 0.2) is 9.84 Å². The van der Waals surface area contributed by atoms with Gasteiger partial charge in [0.2, 0.25) is 0 Å². The molecule has 0 aromatic heterocycles. The van der Waals surface area contributed by atoms with Gasteiger partial charge < -0.3 is 10.1 Å². The zero-order valence-electron chi connectivity index (χ0n) is 12.3. The normalized spacial score (nSPS) is 15.3. The molecule has 0 saturated heterocycles. The summed E-state index contributed by atoms with van der Waals surface area (Å²) in [6.07, 6.45) is 4.72. The van der Waals surface area contributed by atoms with Crippen LogP contribution in [0.25, 0.3) is 0 Å². The van der Waals surface area contributed by atoms with E-state index in [0.717, 1.165) is 32.1 Å². The molecule has 1 aliphatic carbocycles. The van der Waals surface area contributed by atoms with Gasteiger partial charge in [-0.2, -0.15) is 0 Å². The second kappa shape index (κ2) is 7.58. The molecule has 1 aromatic rings. The van der Waals surface area contributed by atoms with Gasteiger partial charge in [-0.05, 0) is 43.9 Å².